The Kier molecular flexibility index (Phi) is 4.12. The average molecular weight is 342 g/mol. The number of Topliss-reactive ketones (excluding diaryl/α,β-unsaturated/α-hetero) is 2. The molecule has 0 aromatic heterocycles. The second-order valence-corrected chi connectivity index (χ2v) is 6.18. The van der Waals surface area contributed by atoms with Crippen LogP contribution in [-0.4, -0.2) is 27.6 Å². The summed E-state index contributed by atoms with van der Waals surface area (Å²) >= 11 is 0. The highest BCUT2D eigenvalue weighted by Gasteiger charge is 2.37. The van der Waals surface area contributed by atoms with Crippen molar-refractivity contribution in [2.24, 2.45) is 0 Å². The maximum Gasteiger partial charge on any atom is 0.249 e. The van der Waals surface area contributed by atoms with Crippen LogP contribution in [0.1, 0.15) is 47.4 Å². The van der Waals surface area contributed by atoms with Gasteiger partial charge in [0, 0.05) is 30.9 Å². The Morgan fingerprint density at radius 1 is 0.960 bits per heavy atom. The third-order valence-corrected chi connectivity index (χ3v) is 4.11. The minimum Gasteiger partial charge on any atom is -0.504 e. The molecule has 2 aromatic rings. The van der Waals surface area contributed by atoms with E-state index in [2.05, 4.69) is 0 Å². The van der Waals surface area contributed by atoms with Crippen molar-refractivity contribution >= 4 is 11.6 Å². The second-order valence-electron chi connectivity index (χ2n) is 6.18. The molecule has 0 fully saturated rings. The quantitative estimate of drug-likeness (QED) is 0.638. The molecule has 0 saturated carbocycles. The Hall–Kier alpha value is -3.02. The van der Waals surface area contributed by atoms with E-state index < -0.39 is 5.79 Å². The van der Waals surface area contributed by atoms with Crippen LogP contribution in [0.25, 0.3) is 0 Å². The van der Waals surface area contributed by atoms with Crippen LogP contribution in [-0.2, 0) is 0 Å². The second kappa shape index (κ2) is 6.12. The molecule has 1 heterocycles. The highest BCUT2D eigenvalue weighted by molar-refractivity contribution is 5.96. The number of phenolic OH excluding ortho intramolecular Hbond substituents is 2. The number of carbonyl (C=O) groups excluding carboxylic acids is 2. The van der Waals surface area contributed by atoms with Crippen molar-refractivity contribution in [1.29, 1.82) is 0 Å². The van der Waals surface area contributed by atoms with Gasteiger partial charge in [-0.2, -0.15) is 0 Å². The lowest BCUT2D eigenvalue weighted by Crippen LogP contribution is -2.35. The van der Waals surface area contributed by atoms with Gasteiger partial charge in [-0.05, 0) is 43.3 Å². The zero-order chi connectivity index (χ0) is 18.2. The van der Waals surface area contributed by atoms with Gasteiger partial charge in [0.25, 0.3) is 0 Å². The van der Waals surface area contributed by atoms with Crippen LogP contribution in [0.5, 0.6) is 23.0 Å². The summed E-state index contributed by atoms with van der Waals surface area (Å²) in [6.45, 7) is 3.20. The first-order valence-corrected chi connectivity index (χ1v) is 7.86. The number of benzene rings is 2. The summed E-state index contributed by atoms with van der Waals surface area (Å²) in [7, 11) is 0. The molecule has 0 bridgehead atoms. The summed E-state index contributed by atoms with van der Waals surface area (Å²) in [5.74, 6) is -0.886. The maximum atomic E-state index is 12.3. The number of ether oxygens (including phenoxy) is 2. The molecule has 3 rings (SSSR count). The molecule has 25 heavy (non-hydrogen) atoms. The highest BCUT2D eigenvalue weighted by Crippen LogP contribution is 2.41. The smallest absolute Gasteiger partial charge is 0.249 e. The molecular weight excluding hydrogens is 324 g/mol. The van der Waals surface area contributed by atoms with Gasteiger partial charge in [-0.3, -0.25) is 9.59 Å². The SMILES string of the molecule is CC(=O)c1ccc2c(c1)OC(C)(CCC(=O)c1ccc(O)c(O)c1)O2. The summed E-state index contributed by atoms with van der Waals surface area (Å²) in [6, 6.07) is 8.92. The van der Waals surface area contributed by atoms with Crippen molar-refractivity contribution in [2.75, 3.05) is 0 Å². The van der Waals surface area contributed by atoms with Crippen LogP contribution >= 0.6 is 0 Å². The van der Waals surface area contributed by atoms with Gasteiger partial charge < -0.3 is 19.7 Å². The third-order valence-electron chi connectivity index (χ3n) is 4.11. The molecule has 1 aliphatic rings. The zero-order valence-electron chi connectivity index (χ0n) is 13.9. The lowest BCUT2D eigenvalue weighted by molar-refractivity contribution is -0.0677. The molecule has 0 radical (unpaired) electrons. The van der Waals surface area contributed by atoms with Crippen molar-refractivity contribution in [2.45, 2.75) is 32.5 Å². The number of fused-ring (bicyclic) bond motifs is 1. The summed E-state index contributed by atoms with van der Waals surface area (Å²) in [4.78, 5) is 23.7. The van der Waals surface area contributed by atoms with Crippen molar-refractivity contribution in [3.05, 3.63) is 47.5 Å². The van der Waals surface area contributed by atoms with E-state index in [1.54, 1.807) is 25.1 Å². The van der Waals surface area contributed by atoms with E-state index >= 15 is 0 Å². The molecule has 1 unspecified atom stereocenters. The fourth-order valence-corrected chi connectivity index (χ4v) is 2.66. The molecule has 0 aliphatic carbocycles. The van der Waals surface area contributed by atoms with Crippen LogP contribution in [0.3, 0.4) is 0 Å². The van der Waals surface area contributed by atoms with Crippen molar-refractivity contribution in [1.82, 2.24) is 0 Å². The fourth-order valence-electron chi connectivity index (χ4n) is 2.66. The van der Waals surface area contributed by atoms with Crippen molar-refractivity contribution in [3.63, 3.8) is 0 Å². The van der Waals surface area contributed by atoms with E-state index in [1.807, 2.05) is 0 Å². The highest BCUT2D eigenvalue weighted by atomic mass is 16.7. The van der Waals surface area contributed by atoms with Gasteiger partial charge in [0.2, 0.25) is 5.79 Å². The van der Waals surface area contributed by atoms with Crippen LogP contribution in [0, 0.1) is 0 Å². The first-order valence-electron chi connectivity index (χ1n) is 7.86. The van der Waals surface area contributed by atoms with E-state index in [1.165, 1.54) is 25.1 Å². The Bertz CT molecular complexity index is 857. The van der Waals surface area contributed by atoms with E-state index in [-0.39, 0.29) is 35.9 Å². The van der Waals surface area contributed by atoms with E-state index in [9.17, 15) is 19.8 Å². The van der Waals surface area contributed by atoms with Crippen molar-refractivity contribution in [3.8, 4) is 23.0 Å². The molecule has 1 atom stereocenters. The summed E-state index contributed by atoms with van der Waals surface area (Å²) < 4.78 is 11.6. The number of rotatable bonds is 5. The van der Waals surface area contributed by atoms with Gasteiger partial charge in [-0.25, -0.2) is 0 Å². The van der Waals surface area contributed by atoms with Crippen molar-refractivity contribution < 1.29 is 29.3 Å². The molecule has 0 spiro atoms. The van der Waals surface area contributed by atoms with Gasteiger partial charge in [-0.15, -0.1) is 0 Å². The lowest BCUT2D eigenvalue weighted by atomic mass is 10.0. The van der Waals surface area contributed by atoms with Gasteiger partial charge in [0.05, 0.1) is 0 Å². The minimum atomic E-state index is -1.01. The monoisotopic (exact) mass is 342 g/mol. The average Bonchev–Trinajstić information content (AvgIpc) is 2.90. The van der Waals surface area contributed by atoms with Crippen LogP contribution < -0.4 is 9.47 Å². The van der Waals surface area contributed by atoms with E-state index in [4.69, 9.17) is 9.47 Å². The van der Waals surface area contributed by atoms with Gasteiger partial charge in [0.1, 0.15) is 0 Å². The molecule has 2 aromatic carbocycles. The summed E-state index contributed by atoms with van der Waals surface area (Å²) in [5, 5.41) is 18.8. The largest absolute Gasteiger partial charge is 0.504 e. The zero-order valence-corrected chi connectivity index (χ0v) is 13.9. The molecule has 0 amide bonds. The van der Waals surface area contributed by atoms with E-state index in [0.29, 0.717) is 22.6 Å². The number of ketones is 2. The van der Waals surface area contributed by atoms with Crippen LogP contribution in [0.15, 0.2) is 36.4 Å². The number of hydrogen-bond donors (Lipinski definition) is 2. The normalized spacial score (nSPS) is 18.2. The predicted molar refractivity (Wildman–Crippen MR) is 89.4 cm³/mol. The van der Waals surface area contributed by atoms with Crippen LogP contribution in [0.2, 0.25) is 0 Å². The van der Waals surface area contributed by atoms with Gasteiger partial charge in [-0.1, -0.05) is 0 Å². The Morgan fingerprint density at radius 2 is 1.64 bits per heavy atom. The first-order chi connectivity index (χ1) is 11.8. The Morgan fingerprint density at radius 3 is 2.32 bits per heavy atom. The molecule has 0 saturated heterocycles. The number of aromatic hydroxyl groups is 2. The van der Waals surface area contributed by atoms with Crippen LogP contribution in [0.4, 0.5) is 0 Å². The molecular formula is C19H18O6. The summed E-state index contributed by atoms with van der Waals surface area (Å²) in [5.41, 5.74) is 0.829. The predicted octanol–water partition coefficient (Wildman–Crippen LogP) is 3.45. The molecule has 6 heteroatoms. The maximum absolute atomic E-state index is 12.3. The Labute approximate surface area is 144 Å². The summed E-state index contributed by atoms with van der Waals surface area (Å²) in [6.07, 6.45) is 0.422. The number of phenols is 2. The first kappa shape index (κ1) is 16.8. The number of carbonyl (C=O) groups is 2. The fraction of sp³-hybridized carbons (Fsp3) is 0.263. The molecule has 130 valence electrons. The topological polar surface area (TPSA) is 93.1 Å². The third kappa shape index (κ3) is 3.42. The van der Waals surface area contributed by atoms with Gasteiger partial charge >= 0.3 is 0 Å². The lowest BCUT2D eigenvalue weighted by Gasteiger charge is -2.22. The Balaban J connectivity index is 1.68. The number of hydrogen-bond acceptors (Lipinski definition) is 6. The minimum absolute atomic E-state index is 0.0673. The standard InChI is InChI=1S/C19H18O6/c1-11(20)12-4-6-17-18(10-12)25-19(2,24-17)8-7-14(21)13-3-5-15(22)16(23)9-13/h3-6,9-10,22-23H,7-8H2,1-2H3. The van der Waals surface area contributed by atoms with E-state index in [0.717, 1.165) is 0 Å². The van der Waals surface area contributed by atoms with Gasteiger partial charge in [0.15, 0.2) is 34.6 Å². The molecule has 2 N–H and O–H groups in total. The molecule has 6 nitrogen and oxygen atoms in total. The molecule has 1 aliphatic heterocycles.